The fourth-order valence-corrected chi connectivity index (χ4v) is 1.32. The molecule has 1 heterocycles. The summed E-state index contributed by atoms with van der Waals surface area (Å²) in [5.74, 6) is -0.428. The molecule has 1 aromatic rings. The smallest absolute Gasteiger partial charge is 0.328 e. The molecule has 1 N–H and O–H groups in total. The van der Waals surface area contributed by atoms with Crippen molar-refractivity contribution < 1.29 is 14.3 Å². The quantitative estimate of drug-likeness (QED) is 0.792. The summed E-state index contributed by atoms with van der Waals surface area (Å²) < 4.78 is 6.56. The number of esters is 1. The van der Waals surface area contributed by atoms with Gasteiger partial charge in [-0.25, -0.2) is 4.68 Å². The van der Waals surface area contributed by atoms with Crippen LogP contribution in [-0.4, -0.2) is 32.5 Å². The standard InChI is InChI=1S/C12H20N4O3/c1-5-10(17)13-6-9-7-16(15-14-9)8-11(18)19-12(2,3)4/h7H,5-6,8H2,1-4H3,(H,13,17). The van der Waals surface area contributed by atoms with Crippen molar-refractivity contribution in [2.45, 2.75) is 52.8 Å². The van der Waals surface area contributed by atoms with E-state index in [9.17, 15) is 9.59 Å². The molecule has 0 aliphatic carbocycles. The normalized spacial score (nSPS) is 11.2. The van der Waals surface area contributed by atoms with Crippen molar-refractivity contribution in [3.63, 3.8) is 0 Å². The number of amides is 1. The van der Waals surface area contributed by atoms with Gasteiger partial charge in [-0.3, -0.25) is 9.59 Å². The summed E-state index contributed by atoms with van der Waals surface area (Å²) in [6.07, 6.45) is 2.03. The minimum absolute atomic E-state index is 0.00595. The number of rotatable bonds is 5. The number of nitrogens with zero attached hydrogens (tertiary/aromatic N) is 3. The first kappa shape index (κ1) is 15.1. The Morgan fingerprint density at radius 1 is 1.42 bits per heavy atom. The summed E-state index contributed by atoms with van der Waals surface area (Å²) in [6.45, 7) is 7.50. The van der Waals surface area contributed by atoms with Crippen LogP contribution in [0.15, 0.2) is 6.20 Å². The first-order valence-electron chi connectivity index (χ1n) is 6.17. The van der Waals surface area contributed by atoms with Gasteiger partial charge < -0.3 is 10.1 Å². The molecule has 0 bridgehead atoms. The van der Waals surface area contributed by atoms with E-state index in [1.54, 1.807) is 33.9 Å². The molecule has 7 heteroatoms. The molecule has 19 heavy (non-hydrogen) atoms. The van der Waals surface area contributed by atoms with Crippen LogP contribution >= 0.6 is 0 Å². The number of hydrogen-bond donors (Lipinski definition) is 1. The Morgan fingerprint density at radius 3 is 2.68 bits per heavy atom. The van der Waals surface area contributed by atoms with Gasteiger partial charge in [0.05, 0.1) is 12.7 Å². The van der Waals surface area contributed by atoms with Crippen molar-refractivity contribution in [2.75, 3.05) is 0 Å². The second-order valence-corrected chi connectivity index (χ2v) is 5.12. The van der Waals surface area contributed by atoms with Gasteiger partial charge in [-0.1, -0.05) is 12.1 Å². The molecule has 0 unspecified atom stereocenters. The van der Waals surface area contributed by atoms with E-state index in [0.717, 1.165) is 0 Å². The molecule has 1 rings (SSSR count). The minimum atomic E-state index is -0.518. The molecular weight excluding hydrogens is 248 g/mol. The van der Waals surface area contributed by atoms with Gasteiger partial charge in [0.2, 0.25) is 5.91 Å². The lowest BCUT2D eigenvalue weighted by Crippen LogP contribution is -2.26. The lowest BCUT2D eigenvalue weighted by atomic mass is 10.2. The Labute approximate surface area is 112 Å². The summed E-state index contributed by atoms with van der Waals surface area (Å²) in [5, 5.41) is 10.3. The summed E-state index contributed by atoms with van der Waals surface area (Å²) >= 11 is 0. The second kappa shape index (κ2) is 6.31. The number of aromatic nitrogens is 3. The molecular formula is C12H20N4O3. The fraction of sp³-hybridized carbons (Fsp3) is 0.667. The number of nitrogens with one attached hydrogen (secondary N) is 1. The number of ether oxygens (including phenoxy) is 1. The summed E-state index contributed by atoms with van der Waals surface area (Å²) in [5.41, 5.74) is 0.0839. The van der Waals surface area contributed by atoms with E-state index < -0.39 is 5.60 Å². The van der Waals surface area contributed by atoms with Crippen LogP contribution < -0.4 is 5.32 Å². The molecule has 0 radical (unpaired) electrons. The van der Waals surface area contributed by atoms with E-state index in [1.165, 1.54) is 4.68 Å². The first-order chi connectivity index (χ1) is 8.80. The lowest BCUT2D eigenvalue weighted by Gasteiger charge is -2.19. The van der Waals surface area contributed by atoms with Crippen LogP contribution in [0.1, 0.15) is 39.8 Å². The minimum Gasteiger partial charge on any atom is -0.459 e. The Morgan fingerprint density at radius 2 is 2.11 bits per heavy atom. The van der Waals surface area contributed by atoms with Crippen LogP contribution in [0.25, 0.3) is 0 Å². The van der Waals surface area contributed by atoms with E-state index in [0.29, 0.717) is 18.7 Å². The Hall–Kier alpha value is -1.92. The molecule has 7 nitrogen and oxygen atoms in total. The van der Waals surface area contributed by atoms with Crippen LogP contribution in [0.5, 0.6) is 0 Å². The van der Waals surface area contributed by atoms with Crippen molar-refractivity contribution in [1.82, 2.24) is 20.3 Å². The first-order valence-corrected chi connectivity index (χ1v) is 6.17. The highest BCUT2D eigenvalue weighted by molar-refractivity contribution is 5.75. The third kappa shape index (κ3) is 5.98. The SMILES string of the molecule is CCC(=O)NCc1cn(CC(=O)OC(C)(C)C)nn1. The molecule has 1 aromatic heterocycles. The maximum Gasteiger partial charge on any atom is 0.328 e. The summed E-state index contributed by atoms with van der Waals surface area (Å²) in [4.78, 5) is 22.7. The van der Waals surface area contributed by atoms with Gasteiger partial charge in [0.15, 0.2) is 0 Å². The zero-order valence-electron chi connectivity index (χ0n) is 11.8. The fourth-order valence-electron chi connectivity index (χ4n) is 1.32. The largest absolute Gasteiger partial charge is 0.459 e. The average molecular weight is 268 g/mol. The van der Waals surface area contributed by atoms with Crippen LogP contribution in [-0.2, 0) is 27.4 Å². The number of carbonyl (C=O) groups is 2. The highest BCUT2D eigenvalue weighted by Gasteiger charge is 2.17. The van der Waals surface area contributed by atoms with Crippen LogP contribution in [0, 0.1) is 0 Å². The molecule has 0 aliphatic heterocycles. The molecule has 106 valence electrons. The van der Waals surface area contributed by atoms with Crippen LogP contribution in [0.2, 0.25) is 0 Å². The average Bonchev–Trinajstić information content (AvgIpc) is 2.70. The van der Waals surface area contributed by atoms with Crippen molar-refractivity contribution in [2.24, 2.45) is 0 Å². The lowest BCUT2D eigenvalue weighted by molar-refractivity contribution is -0.155. The highest BCUT2D eigenvalue weighted by atomic mass is 16.6. The van der Waals surface area contributed by atoms with Gasteiger partial charge in [-0.05, 0) is 20.8 Å². The van der Waals surface area contributed by atoms with Crippen molar-refractivity contribution in [3.05, 3.63) is 11.9 Å². The molecule has 0 fully saturated rings. The van der Waals surface area contributed by atoms with E-state index in [2.05, 4.69) is 15.6 Å². The molecule has 0 aliphatic rings. The van der Waals surface area contributed by atoms with Gasteiger partial charge in [-0.2, -0.15) is 0 Å². The maximum atomic E-state index is 11.6. The zero-order chi connectivity index (χ0) is 14.5. The molecule has 0 atom stereocenters. The molecule has 0 saturated heterocycles. The van der Waals surface area contributed by atoms with E-state index in [1.807, 2.05) is 0 Å². The van der Waals surface area contributed by atoms with E-state index in [-0.39, 0.29) is 18.4 Å². The predicted molar refractivity (Wildman–Crippen MR) is 68.0 cm³/mol. The van der Waals surface area contributed by atoms with Crippen LogP contribution in [0.4, 0.5) is 0 Å². The summed E-state index contributed by atoms with van der Waals surface area (Å²) in [7, 11) is 0. The summed E-state index contributed by atoms with van der Waals surface area (Å²) in [6, 6.07) is 0. The third-order valence-corrected chi connectivity index (χ3v) is 2.09. The van der Waals surface area contributed by atoms with E-state index >= 15 is 0 Å². The molecule has 1 amide bonds. The Kier molecular flexibility index (Phi) is 5.02. The Bertz CT molecular complexity index is 448. The third-order valence-electron chi connectivity index (χ3n) is 2.09. The van der Waals surface area contributed by atoms with Gasteiger partial charge in [0.1, 0.15) is 17.8 Å². The molecule has 0 saturated carbocycles. The van der Waals surface area contributed by atoms with Gasteiger partial charge in [0.25, 0.3) is 0 Å². The van der Waals surface area contributed by atoms with Crippen LogP contribution in [0.3, 0.4) is 0 Å². The highest BCUT2D eigenvalue weighted by Crippen LogP contribution is 2.07. The number of hydrogen-bond acceptors (Lipinski definition) is 5. The van der Waals surface area contributed by atoms with Crippen molar-refractivity contribution >= 4 is 11.9 Å². The topological polar surface area (TPSA) is 86.1 Å². The van der Waals surface area contributed by atoms with E-state index in [4.69, 9.17) is 4.74 Å². The monoisotopic (exact) mass is 268 g/mol. The van der Waals surface area contributed by atoms with Crippen molar-refractivity contribution in [1.29, 1.82) is 0 Å². The number of carbonyl (C=O) groups excluding carboxylic acids is 2. The second-order valence-electron chi connectivity index (χ2n) is 5.12. The van der Waals surface area contributed by atoms with Gasteiger partial charge >= 0.3 is 5.97 Å². The zero-order valence-corrected chi connectivity index (χ0v) is 11.8. The van der Waals surface area contributed by atoms with Gasteiger partial charge in [-0.15, -0.1) is 5.10 Å². The predicted octanol–water partition coefficient (Wildman–Crippen LogP) is 0.646. The molecule has 0 spiro atoms. The van der Waals surface area contributed by atoms with Crippen molar-refractivity contribution in [3.8, 4) is 0 Å². The molecule has 0 aromatic carbocycles. The Balaban J connectivity index is 2.46. The maximum absolute atomic E-state index is 11.6. The van der Waals surface area contributed by atoms with Gasteiger partial charge in [0, 0.05) is 6.42 Å².